The van der Waals surface area contributed by atoms with Crippen molar-refractivity contribution in [3.8, 4) is 5.75 Å². The van der Waals surface area contributed by atoms with E-state index in [2.05, 4.69) is 5.32 Å². The van der Waals surface area contributed by atoms with Crippen LogP contribution in [0.3, 0.4) is 0 Å². The van der Waals surface area contributed by atoms with Crippen molar-refractivity contribution >= 4 is 17.6 Å². The van der Waals surface area contributed by atoms with Gasteiger partial charge in [0.15, 0.2) is 5.60 Å². The van der Waals surface area contributed by atoms with E-state index in [1.807, 2.05) is 31.2 Å². The second-order valence-electron chi connectivity index (χ2n) is 6.11. The van der Waals surface area contributed by atoms with E-state index in [0.717, 1.165) is 11.1 Å². The zero-order valence-electron chi connectivity index (χ0n) is 13.9. The van der Waals surface area contributed by atoms with E-state index in [9.17, 15) is 9.59 Å². The molecule has 1 aliphatic heterocycles. The predicted molar refractivity (Wildman–Crippen MR) is 90.3 cm³/mol. The molecule has 0 aromatic heterocycles. The Balaban J connectivity index is 1.88. The van der Waals surface area contributed by atoms with E-state index in [1.165, 1.54) is 0 Å². The number of anilines is 1. The Hall–Kier alpha value is -2.82. The molecule has 1 heterocycles. The average molecular weight is 325 g/mol. The fourth-order valence-corrected chi connectivity index (χ4v) is 2.83. The fourth-order valence-electron chi connectivity index (χ4n) is 2.83. The molecule has 0 radical (unpaired) electrons. The molecule has 3 rings (SSSR count). The third-order valence-corrected chi connectivity index (χ3v) is 4.17. The molecule has 1 amide bonds. The van der Waals surface area contributed by atoms with Gasteiger partial charge in [-0.05, 0) is 43.2 Å². The molecule has 0 bridgehead atoms. The summed E-state index contributed by atoms with van der Waals surface area (Å²) in [5.41, 5.74) is 1.60. The highest BCUT2D eigenvalue weighted by Crippen LogP contribution is 2.31. The quantitative estimate of drug-likeness (QED) is 0.881. The summed E-state index contributed by atoms with van der Waals surface area (Å²) in [5.74, 6) is -0.306. The van der Waals surface area contributed by atoms with Gasteiger partial charge in [0.05, 0.1) is 18.4 Å². The van der Waals surface area contributed by atoms with Crippen LogP contribution in [0, 0.1) is 6.92 Å². The van der Waals surface area contributed by atoms with Crippen LogP contribution in [0.15, 0.2) is 42.5 Å². The zero-order valence-corrected chi connectivity index (χ0v) is 13.9. The molecular weight excluding hydrogens is 306 g/mol. The summed E-state index contributed by atoms with van der Waals surface area (Å²) in [4.78, 5) is 25.0. The van der Waals surface area contributed by atoms with Crippen LogP contribution in [-0.2, 0) is 16.0 Å². The first-order valence-electron chi connectivity index (χ1n) is 7.70. The van der Waals surface area contributed by atoms with Crippen molar-refractivity contribution in [2.45, 2.75) is 25.9 Å². The second-order valence-corrected chi connectivity index (χ2v) is 6.11. The summed E-state index contributed by atoms with van der Waals surface area (Å²) >= 11 is 0. The van der Waals surface area contributed by atoms with E-state index >= 15 is 0 Å². The Kier molecular flexibility index (Phi) is 4.01. The summed E-state index contributed by atoms with van der Waals surface area (Å²) in [5, 5.41) is 2.82. The number of aryl methyl sites for hydroxylation is 1. The topological polar surface area (TPSA) is 64.6 Å². The molecule has 0 fully saturated rings. The van der Waals surface area contributed by atoms with Crippen LogP contribution < -0.4 is 10.1 Å². The molecule has 0 saturated heterocycles. The number of cyclic esters (lactones) is 1. The number of ether oxygens (including phenoxy) is 2. The number of esters is 1. The van der Waals surface area contributed by atoms with Crippen LogP contribution in [0.5, 0.6) is 5.75 Å². The third kappa shape index (κ3) is 2.85. The molecule has 2 aromatic rings. The van der Waals surface area contributed by atoms with Gasteiger partial charge in [0.2, 0.25) is 0 Å². The average Bonchev–Trinajstić information content (AvgIpc) is 2.55. The van der Waals surface area contributed by atoms with Crippen molar-refractivity contribution in [3.63, 3.8) is 0 Å². The van der Waals surface area contributed by atoms with Crippen molar-refractivity contribution in [3.05, 3.63) is 59.2 Å². The molecule has 5 heteroatoms. The summed E-state index contributed by atoms with van der Waals surface area (Å²) in [6, 6.07) is 12.7. The van der Waals surface area contributed by atoms with Gasteiger partial charge in [-0.2, -0.15) is 0 Å². The maximum absolute atomic E-state index is 12.8. The highest BCUT2D eigenvalue weighted by Gasteiger charge is 2.42. The van der Waals surface area contributed by atoms with E-state index in [4.69, 9.17) is 9.47 Å². The van der Waals surface area contributed by atoms with Gasteiger partial charge in [-0.25, -0.2) is 4.79 Å². The minimum Gasteiger partial charge on any atom is -0.495 e. The summed E-state index contributed by atoms with van der Waals surface area (Å²) in [6.45, 7) is 3.55. The first kappa shape index (κ1) is 16.1. The first-order chi connectivity index (χ1) is 11.4. The van der Waals surface area contributed by atoms with Crippen LogP contribution in [0.4, 0.5) is 5.69 Å². The van der Waals surface area contributed by atoms with E-state index in [-0.39, 0.29) is 5.91 Å². The smallest absolute Gasteiger partial charge is 0.339 e. The molecule has 1 aliphatic rings. The Morgan fingerprint density at radius 1 is 1.25 bits per heavy atom. The molecule has 0 unspecified atom stereocenters. The summed E-state index contributed by atoms with van der Waals surface area (Å²) in [7, 11) is 1.54. The standard InChI is InChI=1S/C19H19NO4/c1-12-8-9-16(23-3)15(10-12)20-18(22)19(2)11-13-6-4-5-7-14(13)17(21)24-19/h4-10H,11H2,1-3H3,(H,20,22)/t19-/m0/s1. The lowest BCUT2D eigenvalue weighted by Crippen LogP contribution is -2.48. The van der Waals surface area contributed by atoms with Crippen LogP contribution in [0.25, 0.3) is 0 Å². The molecule has 2 aromatic carbocycles. The minimum absolute atomic E-state index is 0.328. The van der Waals surface area contributed by atoms with Crippen molar-refractivity contribution in [2.24, 2.45) is 0 Å². The molecule has 0 aliphatic carbocycles. The number of nitrogens with one attached hydrogen (secondary N) is 1. The van der Waals surface area contributed by atoms with Crippen LogP contribution in [-0.4, -0.2) is 24.6 Å². The van der Waals surface area contributed by atoms with Crippen molar-refractivity contribution < 1.29 is 19.1 Å². The summed E-state index contributed by atoms with van der Waals surface area (Å²) in [6.07, 6.45) is 0.328. The maximum Gasteiger partial charge on any atom is 0.339 e. The number of rotatable bonds is 3. The van der Waals surface area contributed by atoms with E-state index < -0.39 is 11.6 Å². The summed E-state index contributed by atoms with van der Waals surface area (Å²) < 4.78 is 10.7. The van der Waals surface area contributed by atoms with Crippen molar-refractivity contribution in [1.82, 2.24) is 0 Å². The Morgan fingerprint density at radius 3 is 2.75 bits per heavy atom. The Morgan fingerprint density at radius 2 is 2.00 bits per heavy atom. The number of hydrogen-bond acceptors (Lipinski definition) is 4. The van der Waals surface area contributed by atoms with Gasteiger partial charge in [-0.3, -0.25) is 4.79 Å². The molecule has 0 spiro atoms. The zero-order chi connectivity index (χ0) is 17.3. The SMILES string of the molecule is COc1ccc(C)cc1NC(=O)[C@]1(C)Cc2ccccc2C(=O)O1. The molecule has 124 valence electrons. The van der Waals surface area contributed by atoms with Gasteiger partial charge in [0, 0.05) is 6.42 Å². The lowest BCUT2D eigenvalue weighted by atomic mass is 9.89. The molecule has 1 N–H and O–H groups in total. The highest BCUT2D eigenvalue weighted by atomic mass is 16.6. The van der Waals surface area contributed by atoms with Crippen LogP contribution >= 0.6 is 0 Å². The lowest BCUT2D eigenvalue weighted by Gasteiger charge is -2.33. The Labute approximate surface area is 140 Å². The van der Waals surface area contributed by atoms with Gasteiger partial charge in [0.25, 0.3) is 5.91 Å². The molecular formula is C19H19NO4. The molecule has 5 nitrogen and oxygen atoms in total. The van der Waals surface area contributed by atoms with Gasteiger partial charge in [0.1, 0.15) is 5.75 Å². The number of amides is 1. The predicted octanol–water partition coefficient (Wildman–Crippen LogP) is 3.11. The molecule has 24 heavy (non-hydrogen) atoms. The maximum atomic E-state index is 12.8. The van der Waals surface area contributed by atoms with Gasteiger partial charge < -0.3 is 14.8 Å². The van der Waals surface area contributed by atoms with Crippen LogP contribution in [0.1, 0.15) is 28.4 Å². The normalized spacial score (nSPS) is 19.2. The monoisotopic (exact) mass is 325 g/mol. The Bertz CT molecular complexity index is 815. The van der Waals surface area contributed by atoms with E-state index in [1.54, 1.807) is 32.2 Å². The first-order valence-corrected chi connectivity index (χ1v) is 7.70. The van der Waals surface area contributed by atoms with Gasteiger partial charge >= 0.3 is 5.97 Å². The number of methoxy groups -OCH3 is 1. The lowest BCUT2D eigenvalue weighted by molar-refractivity contribution is -0.134. The molecule has 1 atom stereocenters. The third-order valence-electron chi connectivity index (χ3n) is 4.17. The van der Waals surface area contributed by atoms with Crippen molar-refractivity contribution in [2.75, 3.05) is 12.4 Å². The number of hydrogen-bond donors (Lipinski definition) is 1. The highest BCUT2D eigenvalue weighted by molar-refractivity contribution is 6.03. The van der Waals surface area contributed by atoms with Gasteiger partial charge in [-0.1, -0.05) is 24.3 Å². The van der Waals surface area contributed by atoms with Gasteiger partial charge in [-0.15, -0.1) is 0 Å². The largest absolute Gasteiger partial charge is 0.495 e. The number of carbonyl (C=O) groups is 2. The van der Waals surface area contributed by atoms with Crippen LogP contribution in [0.2, 0.25) is 0 Å². The number of carbonyl (C=O) groups excluding carboxylic acids is 2. The number of benzene rings is 2. The second kappa shape index (κ2) is 6.00. The fraction of sp³-hybridized carbons (Fsp3) is 0.263. The molecule has 0 saturated carbocycles. The minimum atomic E-state index is -1.26. The van der Waals surface area contributed by atoms with Crippen molar-refractivity contribution in [1.29, 1.82) is 0 Å². The number of fused-ring (bicyclic) bond motifs is 1. The van der Waals surface area contributed by atoms with E-state index in [0.29, 0.717) is 23.4 Å².